The van der Waals surface area contributed by atoms with E-state index in [9.17, 15) is 0 Å². The highest BCUT2D eigenvalue weighted by Gasteiger charge is 2.15. The average molecular weight is 218 g/mol. The zero-order chi connectivity index (χ0) is 11.4. The third-order valence-corrected chi connectivity index (χ3v) is 3.08. The molecule has 86 valence electrons. The van der Waals surface area contributed by atoms with E-state index in [0.29, 0.717) is 12.0 Å². The highest BCUT2D eigenvalue weighted by molar-refractivity contribution is 5.44. The van der Waals surface area contributed by atoms with Gasteiger partial charge in [0.25, 0.3) is 0 Å². The van der Waals surface area contributed by atoms with Crippen molar-refractivity contribution >= 4 is 5.69 Å². The number of nitrogens with two attached hydrogens (primary N) is 2. The highest BCUT2D eigenvalue weighted by Crippen LogP contribution is 2.28. The van der Waals surface area contributed by atoms with Gasteiger partial charge in [-0.15, -0.1) is 0 Å². The number of rotatable bonds is 3. The van der Waals surface area contributed by atoms with Crippen LogP contribution in [0.3, 0.4) is 0 Å². The standard InChI is InChI=1S/C12H18N4/c13-15-11-5-1-9(2-6-11)10-3-7-12(16-14)8-4-10/h1-3,5-7,10,12,15-16H,4,8,13-14H2. The number of hydrogen-bond donors (Lipinski definition) is 4. The summed E-state index contributed by atoms with van der Waals surface area (Å²) in [6.45, 7) is 0. The van der Waals surface area contributed by atoms with Crippen molar-refractivity contribution in [2.45, 2.75) is 24.8 Å². The third kappa shape index (κ3) is 2.41. The molecule has 0 spiro atoms. The van der Waals surface area contributed by atoms with Gasteiger partial charge in [0.15, 0.2) is 0 Å². The van der Waals surface area contributed by atoms with Crippen molar-refractivity contribution in [2.75, 3.05) is 5.43 Å². The van der Waals surface area contributed by atoms with Crippen molar-refractivity contribution in [3.8, 4) is 0 Å². The smallest absolute Gasteiger partial charge is 0.0485 e. The topological polar surface area (TPSA) is 76.1 Å². The molecule has 0 bridgehead atoms. The van der Waals surface area contributed by atoms with Crippen LogP contribution in [0.4, 0.5) is 5.69 Å². The number of nitrogen functional groups attached to an aromatic ring is 1. The molecule has 1 aliphatic carbocycles. The second-order valence-electron chi connectivity index (χ2n) is 4.11. The molecule has 16 heavy (non-hydrogen) atoms. The number of hydrazine groups is 2. The van der Waals surface area contributed by atoms with Crippen molar-refractivity contribution < 1.29 is 0 Å². The maximum absolute atomic E-state index is 5.40. The van der Waals surface area contributed by atoms with Crippen LogP contribution in [0.2, 0.25) is 0 Å². The molecule has 1 aromatic rings. The quantitative estimate of drug-likeness (QED) is 0.350. The minimum atomic E-state index is 0.321. The number of nitrogens with one attached hydrogen (secondary N) is 2. The molecule has 4 heteroatoms. The lowest BCUT2D eigenvalue weighted by molar-refractivity contribution is 0.513. The number of hydrogen-bond acceptors (Lipinski definition) is 4. The Balaban J connectivity index is 2.07. The van der Waals surface area contributed by atoms with Gasteiger partial charge in [-0.2, -0.15) is 0 Å². The first-order valence-corrected chi connectivity index (χ1v) is 5.54. The summed E-state index contributed by atoms with van der Waals surface area (Å²) in [6, 6.07) is 8.54. The van der Waals surface area contributed by atoms with Crippen LogP contribution < -0.4 is 22.5 Å². The zero-order valence-electron chi connectivity index (χ0n) is 9.19. The van der Waals surface area contributed by atoms with Gasteiger partial charge < -0.3 is 5.43 Å². The molecular weight excluding hydrogens is 200 g/mol. The molecule has 0 saturated carbocycles. The molecule has 2 atom stereocenters. The van der Waals surface area contributed by atoms with Crippen molar-refractivity contribution in [1.29, 1.82) is 0 Å². The Labute approximate surface area is 95.6 Å². The van der Waals surface area contributed by atoms with E-state index < -0.39 is 0 Å². The fourth-order valence-corrected chi connectivity index (χ4v) is 2.06. The van der Waals surface area contributed by atoms with E-state index in [2.05, 4.69) is 35.1 Å². The van der Waals surface area contributed by atoms with Crippen LogP contribution >= 0.6 is 0 Å². The Kier molecular flexibility index (Phi) is 3.56. The second-order valence-corrected chi connectivity index (χ2v) is 4.11. The lowest BCUT2D eigenvalue weighted by atomic mass is 9.87. The Hall–Kier alpha value is -1.36. The Morgan fingerprint density at radius 3 is 2.25 bits per heavy atom. The molecule has 0 fully saturated rings. The summed E-state index contributed by atoms with van der Waals surface area (Å²) < 4.78 is 0. The summed E-state index contributed by atoms with van der Waals surface area (Å²) in [4.78, 5) is 0. The van der Waals surface area contributed by atoms with Gasteiger partial charge in [-0.3, -0.25) is 17.1 Å². The van der Waals surface area contributed by atoms with Gasteiger partial charge in [0.1, 0.15) is 0 Å². The predicted molar refractivity (Wildman–Crippen MR) is 66.5 cm³/mol. The molecule has 0 radical (unpaired) electrons. The first-order chi connectivity index (χ1) is 7.83. The maximum atomic E-state index is 5.40. The number of allylic oxidation sites excluding steroid dienone is 1. The summed E-state index contributed by atoms with van der Waals surface area (Å²) in [5.74, 6) is 11.2. The fraction of sp³-hybridized carbons (Fsp3) is 0.333. The van der Waals surface area contributed by atoms with E-state index in [4.69, 9.17) is 11.7 Å². The monoisotopic (exact) mass is 218 g/mol. The van der Waals surface area contributed by atoms with Crippen molar-refractivity contribution in [1.82, 2.24) is 5.43 Å². The SMILES string of the molecule is NNc1ccc(C2C=CC(NN)CC2)cc1. The van der Waals surface area contributed by atoms with Crippen LogP contribution in [0.5, 0.6) is 0 Å². The van der Waals surface area contributed by atoms with Crippen LogP contribution in [0.1, 0.15) is 24.3 Å². The minimum Gasteiger partial charge on any atom is -0.324 e. The van der Waals surface area contributed by atoms with Crippen LogP contribution in [-0.2, 0) is 0 Å². The molecule has 6 N–H and O–H groups in total. The molecule has 4 nitrogen and oxygen atoms in total. The molecule has 0 saturated heterocycles. The summed E-state index contributed by atoms with van der Waals surface area (Å²) in [5.41, 5.74) is 7.67. The molecule has 0 amide bonds. The largest absolute Gasteiger partial charge is 0.324 e. The number of anilines is 1. The van der Waals surface area contributed by atoms with Crippen molar-refractivity contribution in [2.24, 2.45) is 11.7 Å². The van der Waals surface area contributed by atoms with E-state index in [0.717, 1.165) is 18.5 Å². The molecule has 1 aliphatic rings. The van der Waals surface area contributed by atoms with Crippen LogP contribution in [0.15, 0.2) is 36.4 Å². The zero-order valence-corrected chi connectivity index (χ0v) is 9.19. The van der Waals surface area contributed by atoms with Gasteiger partial charge in [0, 0.05) is 17.6 Å². The van der Waals surface area contributed by atoms with E-state index in [1.54, 1.807) is 0 Å². The first kappa shape index (κ1) is 11.1. The van der Waals surface area contributed by atoms with E-state index in [-0.39, 0.29) is 0 Å². The van der Waals surface area contributed by atoms with Gasteiger partial charge in [-0.25, -0.2) is 0 Å². The summed E-state index contributed by atoms with van der Waals surface area (Å²) in [5, 5.41) is 0. The fourth-order valence-electron chi connectivity index (χ4n) is 2.06. The molecule has 1 aromatic carbocycles. The lowest BCUT2D eigenvalue weighted by Crippen LogP contribution is -2.35. The van der Waals surface area contributed by atoms with Gasteiger partial charge in [0.2, 0.25) is 0 Å². The summed E-state index contributed by atoms with van der Waals surface area (Å²) >= 11 is 0. The predicted octanol–water partition coefficient (Wildman–Crippen LogP) is 1.24. The molecule has 0 aromatic heterocycles. The van der Waals surface area contributed by atoms with Crippen LogP contribution in [0.25, 0.3) is 0 Å². The number of benzene rings is 1. The van der Waals surface area contributed by atoms with Gasteiger partial charge in [-0.1, -0.05) is 24.3 Å². The van der Waals surface area contributed by atoms with E-state index in [1.807, 2.05) is 12.1 Å². The maximum Gasteiger partial charge on any atom is 0.0485 e. The first-order valence-electron chi connectivity index (χ1n) is 5.54. The Morgan fingerprint density at radius 1 is 1.00 bits per heavy atom. The van der Waals surface area contributed by atoms with Gasteiger partial charge >= 0.3 is 0 Å². The van der Waals surface area contributed by atoms with Crippen molar-refractivity contribution in [3.05, 3.63) is 42.0 Å². The van der Waals surface area contributed by atoms with Gasteiger partial charge in [-0.05, 0) is 30.5 Å². The Morgan fingerprint density at radius 2 is 1.75 bits per heavy atom. The lowest BCUT2D eigenvalue weighted by Gasteiger charge is -2.22. The molecule has 2 unspecified atom stereocenters. The highest BCUT2D eigenvalue weighted by atomic mass is 15.2. The van der Waals surface area contributed by atoms with E-state index >= 15 is 0 Å². The normalized spacial score (nSPS) is 24.4. The average Bonchev–Trinajstić information content (AvgIpc) is 2.39. The molecule has 0 aliphatic heterocycles. The minimum absolute atomic E-state index is 0.321. The molecule has 0 heterocycles. The summed E-state index contributed by atoms with van der Waals surface area (Å²) in [6.07, 6.45) is 6.57. The van der Waals surface area contributed by atoms with E-state index in [1.165, 1.54) is 5.56 Å². The Bertz CT molecular complexity index is 358. The van der Waals surface area contributed by atoms with Crippen LogP contribution in [-0.4, -0.2) is 6.04 Å². The van der Waals surface area contributed by atoms with Crippen molar-refractivity contribution in [3.63, 3.8) is 0 Å². The third-order valence-electron chi connectivity index (χ3n) is 3.08. The second kappa shape index (κ2) is 5.12. The summed E-state index contributed by atoms with van der Waals surface area (Å²) in [7, 11) is 0. The van der Waals surface area contributed by atoms with Gasteiger partial charge in [0.05, 0.1) is 0 Å². The molecule has 2 rings (SSSR count). The van der Waals surface area contributed by atoms with Crippen LogP contribution in [0, 0.1) is 0 Å². The molecular formula is C12H18N4.